The first-order chi connectivity index (χ1) is 14.0. The van der Waals surface area contributed by atoms with Crippen molar-refractivity contribution in [3.05, 3.63) is 75.0 Å². The average Bonchev–Trinajstić information content (AvgIpc) is 3.20. The van der Waals surface area contributed by atoms with Gasteiger partial charge in [0, 0.05) is 11.5 Å². The highest BCUT2D eigenvalue weighted by Crippen LogP contribution is 2.22. The predicted molar refractivity (Wildman–Crippen MR) is 111 cm³/mol. The monoisotopic (exact) mass is 406 g/mol. The van der Waals surface area contributed by atoms with Crippen LogP contribution in [0.4, 0.5) is 5.13 Å². The Morgan fingerprint density at radius 3 is 2.55 bits per heavy atom. The number of carbonyl (C=O) groups excluding carboxylic acids is 1. The van der Waals surface area contributed by atoms with Crippen LogP contribution in [0.2, 0.25) is 0 Å². The fraction of sp³-hybridized carbons (Fsp3) is 0.200. The summed E-state index contributed by atoms with van der Waals surface area (Å²) in [4.78, 5) is 25.0. The average molecular weight is 406 g/mol. The van der Waals surface area contributed by atoms with Crippen LogP contribution in [0, 0.1) is 0 Å². The fourth-order valence-electron chi connectivity index (χ4n) is 2.75. The minimum absolute atomic E-state index is 0.199. The van der Waals surface area contributed by atoms with Crippen molar-refractivity contribution in [1.29, 1.82) is 0 Å². The molecule has 146 valence electrons. The molecule has 0 radical (unpaired) electrons. The Bertz CT molecular complexity index is 1230. The molecule has 0 saturated carbocycles. The van der Waals surface area contributed by atoms with Gasteiger partial charge in [-0.1, -0.05) is 54.7 Å². The van der Waals surface area contributed by atoms with Crippen LogP contribution in [-0.4, -0.2) is 31.1 Å². The highest BCUT2D eigenvalue weighted by atomic mass is 32.1. The lowest BCUT2D eigenvalue weighted by Crippen LogP contribution is -2.24. The van der Waals surface area contributed by atoms with E-state index in [9.17, 15) is 9.59 Å². The fourth-order valence-corrected chi connectivity index (χ4v) is 3.49. The van der Waals surface area contributed by atoms with E-state index in [0.717, 1.165) is 10.6 Å². The summed E-state index contributed by atoms with van der Waals surface area (Å²) in [5.74, 6) is 0.00437. The Balaban J connectivity index is 1.48. The molecule has 0 aliphatic rings. The molecule has 2 aromatic heterocycles. The molecule has 4 rings (SSSR count). The summed E-state index contributed by atoms with van der Waals surface area (Å²) in [6.45, 7) is 4.32. The quantitative estimate of drug-likeness (QED) is 0.546. The second kappa shape index (κ2) is 7.88. The summed E-state index contributed by atoms with van der Waals surface area (Å²) in [5.41, 5.74) is 1.70. The third-order valence-corrected chi connectivity index (χ3v) is 5.47. The molecule has 9 heteroatoms. The molecule has 8 nitrogen and oxygen atoms in total. The zero-order valence-corrected chi connectivity index (χ0v) is 16.7. The number of hydrogen-bond acceptors (Lipinski definition) is 7. The molecule has 29 heavy (non-hydrogen) atoms. The summed E-state index contributed by atoms with van der Waals surface area (Å²) in [7, 11) is 0. The molecule has 2 aromatic carbocycles. The Morgan fingerprint density at radius 1 is 1.07 bits per heavy atom. The Kier molecular flexibility index (Phi) is 5.13. The van der Waals surface area contributed by atoms with Crippen LogP contribution in [0.15, 0.2) is 53.3 Å². The molecule has 0 fully saturated rings. The second-order valence-electron chi connectivity index (χ2n) is 6.82. The summed E-state index contributed by atoms with van der Waals surface area (Å²) in [6, 6.07) is 14.1. The van der Waals surface area contributed by atoms with Crippen LogP contribution in [0.3, 0.4) is 0 Å². The van der Waals surface area contributed by atoms with Crippen molar-refractivity contribution in [3.8, 4) is 0 Å². The summed E-state index contributed by atoms with van der Waals surface area (Å²) in [5, 5.41) is 20.8. The maximum Gasteiger partial charge on any atom is 0.277 e. The van der Waals surface area contributed by atoms with Crippen molar-refractivity contribution in [2.75, 3.05) is 5.32 Å². The highest BCUT2D eigenvalue weighted by molar-refractivity contribution is 7.15. The molecule has 0 unspecified atom stereocenters. The number of aromatic nitrogens is 5. The van der Waals surface area contributed by atoms with Gasteiger partial charge in [-0.2, -0.15) is 0 Å². The van der Waals surface area contributed by atoms with Gasteiger partial charge in [0.25, 0.3) is 11.5 Å². The lowest BCUT2D eigenvalue weighted by molar-refractivity contribution is 0.102. The predicted octanol–water partition coefficient (Wildman–Crippen LogP) is 3.07. The van der Waals surface area contributed by atoms with E-state index < -0.39 is 0 Å². The molecule has 4 aromatic rings. The largest absolute Gasteiger partial charge is 0.296 e. The number of nitrogens with zero attached hydrogens (tertiary/aromatic N) is 5. The SMILES string of the molecule is CC(C)c1nnc(NC(=O)c2ccc(Cn3nnc4ccccc4c3=O)cc2)s1. The maximum atomic E-state index is 12.5. The van der Waals surface area contributed by atoms with E-state index in [1.165, 1.54) is 16.0 Å². The van der Waals surface area contributed by atoms with Crippen LogP contribution in [0.5, 0.6) is 0 Å². The highest BCUT2D eigenvalue weighted by Gasteiger charge is 2.12. The van der Waals surface area contributed by atoms with E-state index in [-0.39, 0.29) is 23.9 Å². The second-order valence-corrected chi connectivity index (χ2v) is 7.83. The van der Waals surface area contributed by atoms with Crippen molar-refractivity contribution >= 4 is 33.3 Å². The zero-order chi connectivity index (χ0) is 20.4. The third-order valence-electron chi connectivity index (χ3n) is 4.33. The molecule has 0 aliphatic heterocycles. The molecule has 1 N–H and O–H groups in total. The number of amides is 1. The van der Waals surface area contributed by atoms with Gasteiger partial charge in [-0.3, -0.25) is 14.9 Å². The molecule has 0 aliphatic carbocycles. The summed E-state index contributed by atoms with van der Waals surface area (Å²) < 4.78 is 1.31. The summed E-state index contributed by atoms with van der Waals surface area (Å²) >= 11 is 1.36. The first-order valence-corrected chi connectivity index (χ1v) is 9.89. The number of carbonyl (C=O) groups is 1. The van der Waals surface area contributed by atoms with Gasteiger partial charge in [0.1, 0.15) is 10.5 Å². The van der Waals surface area contributed by atoms with Crippen LogP contribution in [0.25, 0.3) is 10.9 Å². The van der Waals surface area contributed by atoms with Crippen molar-refractivity contribution < 1.29 is 4.79 Å². The van der Waals surface area contributed by atoms with Gasteiger partial charge in [0.2, 0.25) is 5.13 Å². The first kappa shape index (κ1) is 18.9. The van der Waals surface area contributed by atoms with Crippen LogP contribution >= 0.6 is 11.3 Å². The Morgan fingerprint density at radius 2 is 1.83 bits per heavy atom. The van der Waals surface area contributed by atoms with Crippen molar-refractivity contribution in [3.63, 3.8) is 0 Å². The number of rotatable bonds is 5. The van der Waals surface area contributed by atoms with Gasteiger partial charge in [-0.25, -0.2) is 4.68 Å². The minimum Gasteiger partial charge on any atom is -0.296 e. The zero-order valence-electron chi connectivity index (χ0n) is 15.9. The standard InChI is InChI=1S/C20H18N6O2S/c1-12(2)18-23-24-20(29-18)21-17(27)14-9-7-13(8-10-14)11-26-19(28)15-5-3-4-6-16(15)22-25-26/h3-10,12H,11H2,1-2H3,(H,21,24,27). The van der Waals surface area contributed by atoms with Crippen LogP contribution < -0.4 is 10.9 Å². The van der Waals surface area contributed by atoms with E-state index in [4.69, 9.17) is 0 Å². The molecule has 2 heterocycles. The van der Waals surface area contributed by atoms with Gasteiger partial charge < -0.3 is 0 Å². The molecular formula is C20H18N6O2S. The van der Waals surface area contributed by atoms with Crippen LogP contribution in [-0.2, 0) is 6.54 Å². The molecule has 0 atom stereocenters. The number of anilines is 1. The topological polar surface area (TPSA) is 103 Å². The molecular weight excluding hydrogens is 388 g/mol. The number of benzene rings is 2. The Hall–Kier alpha value is -3.46. The van der Waals surface area contributed by atoms with Gasteiger partial charge in [-0.05, 0) is 29.8 Å². The van der Waals surface area contributed by atoms with Crippen LogP contribution in [0.1, 0.15) is 40.7 Å². The van der Waals surface area contributed by atoms with Crippen molar-refractivity contribution in [2.45, 2.75) is 26.3 Å². The smallest absolute Gasteiger partial charge is 0.277 e. The van der Waals surface area contributed by atoms with E-state index >= 15 is 0 Å². The van der Waals surface area contributed by atoms with E-state index in [1.54, 1.807) is 42.5 Å². The molecule has 1 amide bonds. The molecule has 0 bridgehead atoms. The van der Waals surface area contributed by atoms with E-state index in [2.05, 4.69) is 25.8 Å². The van der Waals surface area contributed by atoms with E-state index in [0.29, 0.717) is 21.6 Å². The van der Waals surface area contributed by atoms with Gasteiger partial charge >= 0.3 is 0 Å². The van der Waals surface area contributed by atoms with E-state index in [1.807, 2.05) is 19.9 Å². The normalized spacial score (nSPS) is 11.1. The number of hydrogen-bond donors (Lipinski definition) is 1. The lowest BCUT2D eigenvalue weighted by atomic mass is 10.1. The van der Waals surface area contributed by atoms with Gasteiger partial charge in [-0.15, -0.1) is 15.3 Å². The number of fused-ring (bicyclic) bond motifs is 1. The third kappa shape index (κ3) is 4.04. The minimum atomic E-state index is -0.259. The summed E-state index contributed by atoms with van der Waals surface area (Å²) in [6.07, 6.45) is 0. The van der Waals surface area contributed by atoms with Crippen molar-refractivity contribution in [2.24, 2.45) is 0 Å². The van der Waals surface area contributed by atoms with Gasteiger partial charge in [0.05, 0.1) is 11.9 Å². The number of nitrogens with one attached hydrogen (secondary N) is 1. The molecule has 0 spiro atoms. The molecule has 0 saturated heterocycles. The lowest BCUT2D eigenvalue weighted by Gasteiger charge is -2.06. The first-order valence-electron chi connectivity index (χ1n) is 9.07. The van der Waals surface area contributed by atoms with Crippen molar-refractivity contribution in [1.82, 2.24) is 25.2 Å². The maximum absolute atomic E-state index is 12.5. The Labute approximate surface area is 170 Å². The van der Waals surface area contributed by atoms with Gasteiger partial charge in [0.15, 0.2) is 0 Å².